The third-order valence-electron chi connectivity index (χ3n) is 2.36. The molecule has 14 heavy (non-hydrogen) atoms. The fourth-order valence-electron chi connectivity index (χ4n) is 1.60. The van der Waals surface area contributed by atoms with Crippen molar-refractivity contribution in [3.05, 3.63) is 30.3 Å². The lowest BCUT2D eigenvalue weighted by molar-refractivity contribution is 0.278. The Morgan fingerprint density at radius 2 is 2.14 bits per heavy atom. The summed E-state index contributed by atoms with van der Waals surface area (Å²) < 4.78 is 0. The zero-order valence-electron chi connectivity index (χ0n) is 8.44. The molecule has 0 radical (unpaired) electrons. The summed E-state index contributed by atoms with van der Waals surface area (Å²) in [4.78, 5) is 3.72. The topological polar surface area (TPSA) is 15.3 Å². The van der Waals surface area contributed by atoms with Gasteiger partial charge >= 0.3 is 0 Å². The summed E-state index contributed by atoms with van der Waals surface area (Å²) in [5, 5.41) is 4.06. The van der Waals surface area contributed by atoms with Crippen molar-refractivity contribution in [1.29, 1.82) is 0 Å². The molecule has 1 N–H and O–H groups in total. The normalized spacial score (nSPS) is 23.6. The minimum Gasteiger partial charge on any atom is -0.303 e. The molecule has 0 amide bonds. The van der Waals surface area contributed by atoms with Crippen LogP contribution in [0, 0.1) is 0 Å². The largest absolute Gasteiger partial charge is 0.303 e. The van der Waals surface area contributed by atoms with Crippen LogP contribution in [0.25, 0.3) is 0 Å². The van der Waals surface area contributed by atoms with Crippen LogP contribution in [0.3, 0.4) is 0 Å². The maximum atomic E-state index is 3.52. The van der Waals surface area contributed by atoms with Crippen molar-refractivity contribution in [3.8, 4) is 0 Å². The standard InChI is InChI=1S/C11H16N2S/c1-13-8-7-12-11(9-13)14-10-5-3-2-4-6-10/h2-6,11-12H,7-9H2,1H3. The fraction of sp³-hybridized carbons (Fsp3) is 0.455. The first-order valence-corrected chi connectivity index (χ1v) is 5.86. The van der Waals surface area contributed by atoms with Gasteiger partial charge in [-0.25, -0.2) is 0 Å². The van der Waals surface area contributed by atoms with Crippen LogP contribution in [-0.4, -0.2) is 37.0 Å². The summed E-state index contributed by atoms with van der Waals surface area (Å²) in [5.41, 5.74) is 0. The maximum absolute atomic E-state index is 3.52. The zero-order chi connectivity index (χ0) is 9.80. The fourth-order valence-corrected chi connectivity index (χ4v) is 2.77. The second-order valence-corrected chi connectivity index (χ2v) is 4.91. The Morgan fingerprint density at radius 1 is 1.36 bits per heavy atom. The molecular formula is C11H16N2S. The molecule has 2 rings (SSSR count). The summed E-state index contributed by atoms with van der Waals surface area (Å²) in [7, 11) is 2.18. The number of likely N-dealkylation sites (N-methyl/N-ethyl adjacent to an activating group) is 1. The third kappa shape index (κ3) is 2.74. The van der Waals surface area contributed by atoms with Crippen molar-refractivity contribution in [2.75, 3.05) is 26.7 Å². The second-order valence-electron chi connectivity index (χ2n) is 3.64. The summed E-state index contributed by atoms with van der Waals surface area (Å²) in [5.74, 6) is 0. The highest BCUT2D eigenvalue weighted by molar-refractivity contribution is 8.00. The van der Waals surface area contributed by atoms with Gasteiger partial charge in [0.2, 0.25) is 0 Å². The highest BCUT2D eigenvalue weighted by Crippen LogP contribution is 2.22. The van der Waals surface area contributed by atoms with E-state index in [0.29, 0.717) is 5.37 Å². The van der Waals surface area contributed by atoms with Gasteiger partial charge in [-0.15, -0.1) is 11.8 Å². The number of nitrogens with zero attached hydrogens (tertiary/aromatic N) is 1. The lowest BCUT2D eigenvalue weighted by Gasteiger charge is -2.30. The van der Waals surface area contributed by atoms with Crippen molar-refractivity contribution in [3.63, 3.8) is 0 Å². The van der Waals surface area contributed by atoms with E-state index in [1.165, 1.54) is 4.90 Å². The Labute approximate surface area is 89.7 Å². The van der Waals surface area contributed by atoms with Crippen molar-refractivity contribution in [1.82, 2.24) is 10.2 Å². The minimum atomic E-state index is 0.538. The van der Waals surface area contributed by atoms with Gasteiger partial charge in [-0.2, -0.15) is 0 Å². The van der Waals surface area contributed by atoms with Gasteiger partial charge in [0.05, 0.1) is 5.37 Å². The first kappa shape index (κ1) is 10.0. The molecular weight excluding hydrogens is 192 g/mol. The van der Waals surface area contributed by atoms with Crippen molar-refractivity contribution < 1.29 is 0 Å². The molecule has 1 fully saturated rings. The van der Waals surface area contributed by atoms with Crippen molar-refractivity contribution in [2.24, 2.45) is 0 Å². The van der Waals surface area contributed by atoms with E-state index in [0.717, 1.165) is 19.6 Å². The molecule has 2 nitrogen and oxygen atoms in total. The molecule has 1 saturated heterocycles. The van der Waals surface area contributed by atoms with Gasteiger partial charge in [-0.05, 0) is 19.2 Å². The molecule has 1 aromatic carbocycles. The molecule has 3 heteroatoms. The molecule has 1 heterocycles. The Balaban J connectivity index is 1.91. The molecule has 0 spiro atoms. The minimum absolute atomic E-state index is 0.538. The molecule has 0 aromatic heterocycles. The molecule has 76 valence electrons. The zero-order valence-corrected chi connectivity index (χ0v) is 9.26. The van der Waals surface area contributed by atoms with Gasteiger partial charge in [-0.3, -0.25) is 0 Å². The molecule has 1 atom stereocenters. The first-order valence-electron chi connectivity index (χ1n) is 4.98. The third-order valence-corrected chi connectivity index (χ3v) is 3.51. The summed E-state index contributed by atoms with van der Waals surface area (Å²) in [6, 6.07) is 10.6. The van der Waals surface area contributed by atoms with Crippen molar-refractivity contribution >= 4 is 11.8 Å². The average molecular weight is 208 g/mol. The number of hydrogen-bond acceptors (Lipinski definition) is 3. The van der Waals surface area contributed by atoms with Crippen LogP contribution in [0.1, 0.15) is 0 Å². The SMILES string of the molecule is CN1CCNC(Sc2ccccc2)C1. The maximum Gasteiger partial charge on any atom is 0.0708 e. The quantitative estimate of drug-likeness (QED) is 0.795. The highest BCUT2D eigenvalue weighted by atomic mass is 32.2. The van der Waals surface area contributed by atoms with Gasteiger partial charge < -0.3 is 10.2 Å². The first-order chi connectivity index (χ1) is 6.84. The van der Waals surface area contributed by atoms with Crippen LogP contribution in [0.2, 0.25) is 0 Å². The molecule has 1 unspecified atom stereocenters. The van der Waals surface area contributed by atoms with Gasteiger partial charge in [-0.1, -0.05) is 18.2 Å². The van der Waals surface area contributed by atoms with Crippen LogP contribution in [0.4, 0.5) is 0 Å². The Bertz CT molecular complexity index is 276. The summed E-state index contributed by atoms with van der Waals surface area (Å²) >= 11 is 1.92. The average Bonchev–Trinajstić information content (AvgIpc) is 2.19. The molecule has 0 saturated carbocycles. The van der Waals surface area contributed by atoms with E-state index in [2.05, 4.69) is 47.6 Å². The van der Waals surface area contributed by atoms with E-state index in [4.69, 9.17) is 0 Å². The van der Waals surface area contributed by atoms with Crippen LogP contribution in [0.15, 0.2) is 35.2 Å². The molecule has 1 aromatic rings. The van der Waals surface area contributed by atoms with E-state index in [1.54, 1.807) is 0 Å². The van der Waals surface area contributed by atoms with Crippen LogP contribution in [-0.2, 0) is 0 Å². The van der Waals surface area contributed by atoms with Gasteiger partial charge in [0.25, 0.3) is 0 Å². The number of hydrogen-bond donors (Lipinski definition) is 1. The summed E-state index contributed by atoms with van der Waals surface area (Å²) in [6.45, 7) is 3.38. The van der Waals surface area contributed by atoms with Crippen molar-refractivity contribution in [2.45, 2.75) is 10.3 Å². The second kappa shape index (κ2) is 4.82. The van der Waals surface area contributed by atoms with Gasteiger partial charge in [0, 0.05) is 24.5 Å². The highest BCUT2D eigenvalue weighted by Gasteiger charge is 2.16. The monoisotopic (exact) mass is 208 g/mol. The molecule has 1 aliphatic heterocycles. The Morgan fingerprint density at radius 3 is 2.86 bits per heavy atom. The number of piperazine rings is 1. The summed E-state index contributed by atoms with van der Waals surface area (Å²) in [6.07, 6.45) is 0. The van der Waals surface area contributed by atoms with E-state index in [9.17, 15) is 0 Å². The van der Waals surface area contributed by atoms with E-state index in [1.807, 2.05) is 11.8 Å². The number of thioether (sulfide) groups is 1. The lowest BCUT2D eigenvalue weighted by Crippen LogP contribution is -2.47. The van der Waals surface area contributed by atoms with Crippen LogP contribution >= 0.6 is 11.8 Å². The number of nitrogens with one attached hydrogen (secondary N) is 1. The predicted octanol–water partition coefficient (Wildman–Crippen LogP) is 1.64. The molecule has 0 aliphatic carbocycles. The smallest absolute Gasteiger partial charge is 0.0708 e. The van der Waals surface area contributed by atoms with E-state index < -0.39 is 0 Å². The number of benzene rings is 1. The van der Waals surface area contributed by atoms with E-state index >= 15 is 0 Å². The van der Waals surface area contributed by atoms with E-state index in [-0.39, 0.29) is 0 Å². The predicted molar refractivity (Wildman–Crippen MR) is 61.6 cm³/mol. The molecule has 1 aliphatic rings. The lowest BCUT2D eigenvalue weighted by atomic mass is 10.4. The van der Waals surface area contributed by atoms with Crippen LogP contribution in [0.5, 0.6) is 0 Å². The Kier molecular flexibility index (Phi) is 3.45. The van der Waals surface area contributed by atoms with Gasteiger partial charge in [0.1, 0.15) is 0 Å². The molecule has 0 bridgehead atoms. The van der Waals surface area contributed by atoms with Gasteiger partial charge in [0.15, 0.2) is 0 Å². The number of rotatable bonds is 2. The Hall–Kier alpha value is -0.510. The van der Waals surface area contributed by atoms with Crippen LogP contribution < -0.4 is 5.32 Å².